The van der Waals surface area contributed by atoms with Crippen molar-refractivity contribution < 1.29 is 37.6 Å². The Morgan fingerprint density at radius 3 is 2.20 bits per heavy atom. The smallest absolute Gasteiger partial charge is 0.326 e. The Morgan fingerprint density at radius 1 is 1.25 bits per heavy atom. The van der Waals surface area contributed by atoms with Crippen molar-refractivity contribution in [1.29, 1.82) is 0 Å². The number of hydrogen-bond acceptors (Lipinski definition) is 7. The molecule has 0 aromatic carbocycles. The van der Waals surface area contributed by atoms with E-state index in [4.69, 9.17) is 20.5 Å². The summed E-state index contributed by atoms with van der Waals surface area (Å²) in [4.78, 5) is 32.6. The number of carboxylic acids is 2. The number of aliphatic carboxylic acids is 2. The second-order valence-corrected chi connectivity index (χ2v) is 7.05. The van der Waals surface area contributed by atoms with Gasteiger partial charge in [0.2, 0.25) is 5.91 Å². The Hall–Kier alpha value is -1.37. The molecule has 0 aliphatic rings. The van der Waals surface area contributed by atoms with E-state index in [2.05, 4.69) is 0 Å². The highest BCUT2D eigenvalue weighted by atomic mass is 33.1. The molecule has 12 heteroatoms. The zero-order valence-corrected chi connectivity index (χ0v) is 11.7. The summed E-state index contributed by atoms with van der Waals surface area (Å²) in [6.07, 6.45) is -0.805. The number of carboxylic acid groups (broad SMARTS) is 2. The fraction of sp³-hybridized carbons (Fsp3) is 0.625. The van der Waals surface area contributed by atoms with Crippen LogP contribution in [0.15, 0.2) is 0 Å². The zero-order chi connectivity index (χ0) is 15.9. The molecule has 0 aliphatic carbocycles. The van der Waals surface area contributed by atoms with Crippen LogP contribution in [0.2, 0.25) is 0 Å². The number of amides is 1. The predicted octanol–water partition coefficient (Wildman–Crippen LogP) is -1.72. The van der Waals surface area contributed by atoms with E-state index in [0.29, 0.717) is 0 Å². The van der Waals surface area contributed by atoms with E-state index in [1.54, 1.807) is 0 Å². The van der Waals surface area contributed by atoms with Crippen LogP contribution in [0.4, 0.5) is 0 Å². The topological polar surface area (TPSA) is 184 Å². The highest BCUT2D eigenvalue weighted by Gasteiger charge is 2.24. The van der Waals surface area contributed by atoms with E-state index in [-0.39, 0.29) is 17.2 Å². The van der Waals surface area contributed by atoms with Crippen LogP contribution in [0, 0.1) is 0 Å². The van der Waals surface area contributed by atoms with Gasteiger partial charge >= 0.3 is 21.1 Å². The third-order valence-electron chi connectivity index (χ3n) is 1.99. The SMILES string of the molecule is N[C@@H](CSS(=O)(=O)O)C(=O)N[C@@H](CCC(=O)O)C(=O)O. The molecule has 0 unspecified atom stereocenters. The van der Waals surface area contributed by atoms with Crippen molar-refractivity contribution in [3.8, 4) is 0 Å². The van der Waals surface area contributed by atoms with Gasteiger partial charge in [0.25, 0.3) is 0 Å². The molecule has 0 saturated carbocycles. The van der Waals surface area contributed by atoms with Gasteiger partial charge in [-0.2, -0.15) is 8.42 Å². The van der Waals surface area contributed by atoms with Gasteiger partial charge in [-0.15, -0.1) is 0 Å². The summed E-state index contributed by atoms with van der Waals surface area (Å²) in [7, 11) is -4.33. The van der Waals surface area contributed by atoms with E-state index in [0.717, 1.165) is 0 Å². The van der Waals surface area contributed by atoms with E-state index >= 15 is 0 Å². The van der Waals surface area contributed by atoms with Gasteiger partial charge in [-0.1, -0.05) is 0 Å². The molecule has 0 aromatic heterocycles. The van der Waals surface area contributed by atoms with Crippen LogP contribution in [0.5, 0.6) is 0 Å². The van der Waals surface area contributed by atoms with Crippen LogP contribution in [0.1, 0.15) is 12.8 Å². The van der Waals surface area contributed by atoms with Crippen molar-refractivity contribution >= 4 is 37.8 Å². The van der Waals surface area contributed by atoms with Crippen LogP contribution in [-0.2, 0) is 23.5 Å². The molecular formula is C8H14N2O8S2. The van der Waals surface area contributed by atoms with Crippen molar-refractivity contribution in [3.63, 3.8) is 0 Å². The maximum Gasteiger partial charge on any atom is 0.326 e. The summed E-state index contributed by atoms with van der Waals surface area (Å²) in [5.41, 5.74) is 5.31. The normalized spacial score (nSPS) is 14.3. The molecule has 0 radical (unpaired) electrons. The first-order valence-electron chi connectivity index (χ1n) is 5.15. The molecule has 6 N–H and O–H groups in total. The Balaban J connectivity index is 4.44. The number of rotatable bonds is 9. The Labute approximate surface area is 117 Å². The minimum absolute atomic E-state index is 0.0241. The second kappa shape index (κ2) is 8.04. The second-order valence-electron chi connectivity index (χ2n) is 3.65. The van der Waals surface area contributed by atoms with Crippen LogP contribution in [-0.4, -0.2) is 58.9 Å². The average Bonchev–Trinajstić information content (AvgIpc) is 2.29. The molecule has 10 nitrogen and oxygen atoms in total. The monoisotopic (exact) mass is 330 g/mol. The molecule has 20 heavy (non-hydrogen) atoms. The Morgan fingerprint density at radius 2 is 1.80 bits per heavy atom. The summed E-state index contributed by atoms with van der Waals surface area (Å²) < 4.78 is 29.3. The average molecular weight is 330 g/mol. The van der Waals surface area contributed by atoms with Crippen molar-refractivity contribution in [3.05, 3.63) is 0 Å². The maximum absolute atomic E-state index is 11.5. The molecule has 2 atom stereocenters. The third-order valence-corrected chi connectivity index (χ3v) is 4.09. The van der Waals surface area contributed by atoms with Gasteiger partial charge in [0.1, 0.15) is 6.04 Å². The highest BCUT2D eigenvalue weighted by molar-refractivity contribution is 8.69. The van der Waals surface area contributed by atoms with Gasteiger partial charge in [-0.3, -0.25) is 14.1 Å². The number of hydrogen-bond donors (Lipinski definition) is 5. The van der Waals surface area contributed by atoms with Crippen molar-refractivity contribution in [2.45, 2.75) is 24.9 Å². The first kappa shape index (κ1) is 18.6. The first-order valence-corrected chi connectivity index (χ1v) is 8.09. The van der Waals surface area contributed by atoms with Crippen molar-refractivity contribution in [2.24, 2.45) is 5.73 Å². The summed E-state index contributed by atoms with van der Waals surface area (Å²) in [5.74, 6) is -4.10. The number of nitrogens with one attached hydrogen (secondary N) is 1. The predicted molar refractivity (Wildman–Crippen MR) is 68.4 cm³/mol. The number of nitrogens with two attached hydrogens (primary N) is 1. The summed E-state index contributed by atoms with van der Waals surface area (Å²) >= 11 is 0. The van der Waals surface area contributed by atoms with Crippen LogP contribution < -0.4 is 11.1 Å². The number of carbonyl (C=O) groups is 3. The minimum atomic E-state index is -4.36. The van der Waals surface area contributed by atoms with Crippen LogP contribution in [0.3, 0.4) is 0 Å². The molecule has 0 spiro atoms. The van der Waals surface area contributed by atoms with Crippen molar-refractivity contribution in [2.75, 3.05) is 5.75 Å². The Kier molecular flexibility index (Phi) is 7.49. The fourth-order valence-electron chi connectivity index (χ4n) is 1.04. The maximum atomic E-state index is 11.5. The van der Waals surface area contributed by atoms with Gasteiger partial charge in [-0.25, -0.2) is 4.79 Å². The van der Waals surface area contributed by atoms with Gasteiger partial charge < -0.3 is 21.3 Å². The molecule has 0 heterocycles. The van der Waals surface area contributed by atoms with Gasteiger partial charge in [0.05, 0.1) is 6.04 Å². The zero-order valence-electron chi connectivity index (χ0n) is 10.1. The molecule has 0 bridgehead atoms. The number of carbonyl (C=O) groups excluding carboxylic acids is 1. The van der Waals surface area contributed by atoms with Gasteiger partial charge in [-0.05, 0) is 17.2 Å². The van der Waals surface area contributed by atoms with Gasteiger partial charge in [0, 0.05) is 12.2 Å². The standard InChI is InChI=1S/C8H14N2O8S2/c9-4(3-19-20(16,17)18)7(13)10-5(8(14)15)1-2-6(11)12/h4-5H,1-3,9H2,(H,10,13)(H,11,12)(H,14,15)(H,16,17,18)/t4-,5-/m0/s1. The summed E-state index contributed by atoms with van der Waals surface area (Å²) in [6, 6.07) is -2.81. The van der Waals surface area contributed by atoms with Crippen LogP contribution in [0.25, 0.3) is 0 Å². The summed E-state index contributed by atoms with van der Waals surface area (Å²) in [5, 5.41) is 19.2. The van der Waals surface area contributed by atoms with E-state index in [1.807, 2.05) is 5.32 Å². The molecule has 0 rings (SSSR count). The van der Waals surface area contributed by atoms with E-state index in [9.17, 15) is 22.8 Å². The highest BCUT2D eigenvalue weighted by Crippen LogP contribution is 2.10. The molecule has 1 amide bonds. The third kappa shape index (κ3) is 8.68. The van der Waals surface area contributed by atoms with Crippen LogP contribution >= 0.6 is 10.8 Å². The van der Waals surface area contributed by atoms with E-state index < -0.39 is 51.3 Å². The largest absolute Gasteiger partial charge is 0.481 e. The lowest BCUT2D eigenvalue weighted by molar-refractivity contribution is -0.143. The minimum Gasteiger partial charge on any atom is -0.481 e. The van der Waals surface area contributed by atoms with Crippen molar-refractivity contribution in [1.82, 2.24) is 5.32 Å². The Bertz CT molecular complexity index is 477. The molecular weight excluding hydrogens is 316 g/mol. The van der Waals surface area contributed by atoms with Gasteiger partial charge in [0.15, 0.2) is 0 Å². The molecule has 116 valence electrons. The lowest BCUT2D eigenvalue weighted by Crippen LogP contribution is -2.49. The lowest BCUT2D eigenvalue weighted by atomic mass is 10.1. The summed E-state index contributed by atoms with van der Waals surface area (Å²) in [6.45, 7) is 0. The first-order chi connectivity index (χ1) is 9.03. The quantitative estimate of drug-likeness (QED) is 0.241. The fourth-order valence-corrected chi connectivity index (χ4v) is 2.46. The molecule has 0 fully saturated rings. The molecule has 0 aliphatic heterocycles. The lowest BCUT2D eigenvalue weighted by Gasteiger charge is -2.16. The molecule has 0 saturated heterocycles. The van der Waals surface area contributed by atoms with E-state index in [1.165, 1.54) is 0 Å². The molecule has 0 aromatic rings.